The molecule has 1 heterocycles. The Balaban J connectivity index is 2.52. The lowest BCUT2D eigenvalue weighted by molar-refractivity contribution is 0.388. The van der Waals surface area contributed by atoms with Gasteiger partial charge < -0.3 is 14.5 Å². The Morgan fingerprint density at radius 2 is 2.10 bits per heavy atom. The molecule has 0 fully saturated rings. The average Bonchev–Trinajstić information content (AvgIpc) is 2.45. The first-order valence-electron chi connectivity index (χ1n) is 5.83. The van der Waals surface area contributed by atoms with Crippen LogP contribution < -0.4 is 4.74 Å². The predicted octanol–water partition coefficient (Wildman–Crippen LogP) is 2.77. The van der Waals surface area contributed by atoms with Gasteiger partial charge in [0.15, 0.2) is 0 Å². The minimum absolute atomic E-state index is 0.0705. The van der Waals surface area contributed by atoms with Gasteiger partial charge in [-0.25, -0.2) is 0 Å². The van der Waals surface area contributed by atoms with Crippen LogP contribution in [0.2, 0.25) is 0 Å². The van der Waals surface area contributed by atoms with Crippen LogP contribution in [0.25, 0.3) is 11.4 Å². The van der Waals surface area contributed by atoms with E-state index in [0.717, 1.165) is 0 Å². The second-order valence-corrected chi connectivity index (χ2v) is 5.66. The van der Waals surface area contributed by atoms with Gasteiger partial charge >= 0.3 is 7.60 Å². The number of aromatic nitrogens is 1. The zero-order chi connectivity index (χ0) is 14.6. The topological polar surface area (TPSA) is 79.7 Å². The van der Waals surface area contributed by atoms with Gasteiger partial charge in [0.05, 0.1) is 12.4 Å². The summed E-state index contributed by atoms with van der Waals surface area (Å²) in [6, 6.07) is 10.2. The van der Waals surface area contributed by atoms with Gasteiger partial charge in [0.1, 0.15) is 5.75 Å². The molecule has 20 heavy (non-hydrogen) atoms. The molecule has 2 aromatic rings. The summed E-state index contributed by atoms with van der Waals surface area (Å²) < 4.78 is 16.7. The molecule has 0 atom stereocenters. The van der Waals surface area contributed by atoms with E-state index in [1.807, 2.05) is 0 Å². The first-order valence-corrected chi connectivity index (χ1v) is 7.44. The largest absolute Gasteiger partial charge is 0.497 e. The highest BCUT2D eigenvalue weighted by Crippen LogP contribution is 2.51. The van der Waals surface area contributed by atoms with E-state index in [1.54, 1.807) is 42.6 Å². The van der Waals surface area contributed by atoms with Gasteiger partial charge in [-0.3, -0.25) is 9.55 Å². The Morgan fingerprint density at radius 3 is 2.70 bits per heavy atom. The van der Waals surface area contributed by atoms with Crippen LogP contribution in [0.15, 0.2) is 48.8 Å². The lowest BCUT2D eigenvalue weighted by Gasteiger charge is -2.10. The maximum Gasteiger partial charge on any atom is 0.356 e. The smallest absolute Gasteiger partial charge is 0.356 e. The molecule has 5 nitrogen and oxygen atoms in total. The van der Waals surface area contributed by atoms with Gasteiger partial charge in [-0.1, -0.05) is 18.2 Å². The molecule has 0 unspecified atom stereocenters. The molecule has 104 valence electrons. The van der Waals surface area contributed by atoms with Gasteiger partial charge in [-0.05, 0) is 29.8 Å². The summed E-state index contributed by atoms with van der Waals surface area (Å²) in [6.07, 6.45) is 4.41. The van der Waals surface area contributed by atoms with Crippen LogP contribution in [-0.4, -0.2) is 21.9 Å². The molecule has 1 aromatic carbocycles. The summed E-state index contributed by atoms with van der Waals surface area (Å²) in [7, 11) is -2.87. The van der Waals surface area contributed by atoms with E-state index < -0.39 is 7.60 Å². The summed E-state index contributed by atoms with van der Waals surface area (Å²) in [5, 5.41) is -0.0705. The summed E-state index contributed by atoms with van der Waals surface area (Å²) in [5.74, 6) is 0.620. The maximum atomic E-state index is 11.7. The van der Waals surface area contributed by atoms with Crippen LogP contribution in [0.1, 0.15) is 11.1 Å². The fraction of sp³-hybridized carbons (Fsp3) is 0.0714. The average molecular weight is 291 g/mol. The van der Waals surface area contributed by atoms with Gasteiger partial charge in [0, 0.05) is 18.0 Å². The quantitative estimate of drug-likeness (QED) is 0.847. The SMILES string of the molecule is COc1cccc(/C=C(/c2cccnc2)P(=O)(O)O)c1. The molecular formula is C14H14NO4P. The second kappa shape index (κ2) is 6.01. The Kier molecular flexibility index (Phi) is 4.35. The third kappa shape index (κ3) is 3.54. The Labute approximate surface area is 116 Å². The molecule has 0 saturated carbocycles. The number of hydrogen-bond donors (Lipinski definition) is 2. The number of ether oxygens (including phenoxy) is 1. The van der Waals surface area contributed by atoms with Crippen molar-refractivity contribution in [2.75, 3.05) is 7.11 Å². The Bertz CT molecular complexity index is 664. The molecule has 2 rings (SSSR count). The lowest BCUT2D eigenvalue weighted by Crippen LogP contribution is -1.89. The van der Waals surface area contributed by atoms with Crippen molar-refractivity contribution < 1.29 is 19.1 Å². The molecule has 0 spiro atoms. The minimum atomic E-state index is -4.41. The highest BCUT2D eigenvalue weighted by atomic mass is 31.2. The summed E-state index contributed by atoms with van der Waals surface area (Å²) in [5.41, 5.74) is 1.04. The summed E-state index contributed by atoms with van der Waals surface area (Å²) in [6.45, 7) is 0. The van der Waals surface area contributed by atoms with Crippen molar-refractivity contribution in [3.05, 3.63) is 59.9 Å². The zero-order valence-corrected chi connectivity index (χ0v) is 11.7. The number of methoxy groups -OCH3 is 1. The molecule has 2 N–H and O–H groups in total. The van der Waals surface area contributed by atoms with Crippen LogP contribution in [0, 0.1) is 0 Å². The van der Waals surface area contributed by atoms with Gasteiger partial charge in [-0.15, -0.1) is 0 Å². The van der Waals surface area contributed by atoms with Crippen LogP contribution in [-0.2, 0) is 4.57 Å². The third-order valence-corrected chi connectivity index (χ3v) is 3.68. The highest BCUT2D eigenvalue weighted by molar-refractivity contribution is 7.63. The number of hydrogen-bond acceptors (Lipinski definition) is 3. The minimum Gasteiger partial charge on any atom is -0.497 e. The normalized spacial score (nSPS) is 12.2. The number of rotatable bonds is 4. The fourth-order valence-electron chi connectivity index (χ4n) is 1.74. The monoisotopic (exact) mass is 291 g/mol. The Hall–Kier alpha value is -1.94. The maximum absolute atomic E-state index is 11.7. The van der Waals surface area contributed by atoms with Crippen LogP contribution in [0.4, 0.5) is 0 Å². The second-order valence-electron chi connectivity index (χ2n) is 4.09. The van der Waals surface area contributed by atoms with E-state index in [1.165, 1.54) is 19.4 Å². The molecule has 1 aromatic heterocycles. The predicted molar refractivity (Wildman–Crippen MR) is 77.1 cm³/mol. The van der Waals surface area contributed by atoms with E-state index in [2.05, 4.69) is 4.98 Å². The van der Waals surface area contributed by atoms with E-state index in [0.29, 0.717) is 16.9 Å². The standard InChI is InChI=1S/C14H14NO4P/c1-19-13-6-2-4-11(8-13)9-14(20(16,17)18)12-5-3-7-15-10-12/h2-10H,1H3,(H2,16,17,18)/b14-9-. The molecule has 6 heteroatoms. The van der Waals surface area contributed by atoms with Crippen LogP contribution in [0.5, 0.6) is 5.75 Å². The van der Waals surface area contributed by atoms with E-state index >= 15 is 0 Å². The fourth-order valence-corrected chi connectivity index (χ4v) is 2.52. The number of pyridine rings is 1. The molecule has 0 aliphatic heterocycles. The molecule has 0 aliphatic rings. The van der Waals surface area contributed by atoms with Gasteiger partial charge in [0.25, 0.3) is 0 Å². The van der Waals surface area contributed by atoms with Gasteiger partial charge in [-0.2, -0.15) is 0 Å². The van der Waals surface area contributed by atoms with Gasteiger partial charge in [0.2, 0.25) is 0 Å². The molecule has 0 amide bonds. The van der Waals surface area contributed by atoms with Crippen molar-refractivity contribution in [3.63, 3.8) is 0 Å². The van der Waals surface area contributed by atoms with Crippen molar-refractivity contribution >= 4 is 19.0 Å². The van der Waals surface area contributed by atoms with Crippen LogP contribution in [0.3, 0.4) is 0 Å². The van der Waals surface area contributed by atoms with E-state index in [4.69, 9.17) is 4.74 Å². The third-order valence-electron chi connectivity index (χ3n) is 2.67. The Morgan fingerprint density at radius 1 is 1.30 bits per heavy atom. The molecular weight excluding hydrogens is 277 g/mol. The molecule has 0 aliphatic carbocycles. The first kappa shape index (κ1) is 14.5. The van der Waals surface area contributed by atoms with Crippen molar-refractivity contribution in [1.82, 2.24) is 4.98 Å². The number of nitrogens with zero attached hydrogens (tertiary/aromatic N) is 1. The van der Waals surface area contributed by atoms with Crippen molar-refractivity contribution in [3.8, 4) is 5.75 Å². The van der Waals surface area contributed by atoms with Crippen molar-refractivity contribution in [2.24, 2.45) is 0 Å². The molecule has 0 saturated heterocycles. The van der Waals surface area contributed by atoms with Crippen LogP contribution >= 0.6 is 7.60 Å². The molecule has 0 bridgehead atoms. The van der Waals surface area contributed by atoms with E-state index in [9.17, 15) is 14.4 Å². The highest BCUT2D eigenvalue weighted by Gasteiger charge is 2.22. The first-order chi connectivity index (χ1) is 9.50. The van der Waals surface area contributed by atoms with Crippen molar-refractivity contribution in [1.29, 1.82) is 0 Å². The zero-order valence-electron chi connectivity index (χ0n) is 10.8. The lowest BCUT2D eigenvalue weighted by atomic mass is 10.1. The van der Waals surface area contributed by atoms with Crippen molar-refractivity contribution in [2.45, 2.75) is 0 Å². The summed E-state index contributed by atoms with van der Waals surface area (Å²) >= 11 is 0. The van der Waals surface area contributed by atoms with E-state index in [-0.39, 0.29) is 5.31 Å². The summed E-state index contributed by atoms with van der Waals surface area (Å²) in [4.78, 5) is 22.9. The number of benzene rings is 1. The molecule has 0 radical (unpaired) electrons.